The van der Waals surface area contributed by atoms with E-state index >= 15 is 0 Å². The van der Waals surface area contributed by atoms with Crippen LogP contribution in [0.25, 0.3) is 10.8 Å². The Balaban J connectivity index is 2.12. The number of benzene rings is 2. The van der Waals surface area contributed by atoms with Crippen LogP contribution in [-0.4, -0.2) is 14.9 Å². The molecule has 1 heterocycles. The molecular weight excluding hydrogens is 338 g/mol. The quantitative estimate of drug-likeness (QED) is 0.405. The van der Waals surface area contributed by atoms with Crippen molar-refractivity contribution in [2.45, 2.75) is 0 Å². The van der Waals surface area contributed by atoms with E-state index in [1.165, 1.54) is 12.4 Å². The molecule has 0 fully saturated rings. The first kappa shape index (κ1) is 13.4. The fraction of sp³-hybridized carbons (Fsp3) is 0. The van der Waals surface area contributed by atoms with E-state index in [9.17, 15) is 10.1 Å². The van der Waals surface area contributed by atoms with Crippen LogP contribution in [0.2, 0.25) is 0 Å². The Morgan fingerprint density at radius 3 is 2.57 bits per heavy atom. The zero-order valence-corrected chi connectivity index (χ0v) is 12.1. The standard InChI is InChI=1S/C14H8BrN3O3/c15-13-7-14(17-8-16-13)21-12-6-5-11(18(19)20)9-3-1-2-4-10(9)12/h1-8H. The van der Waals surface area contributed by atoms with E-state index in [-0.39, 0.29) is 5.69 Å². The van der Waals surface area contributed by atoms with Gasteiger partial charge in [0.15, 0.2) is 0 Å². The van der Waals surface area contributed by atoms with Crippen molar-refractivity contribution in [2.75, 3.05) is 0 Å². The molecule has 0 aliphatic rings. The molecule has 0 aliphatic heterocycles. The first-order valence-corrected chi connectivity index (χ1v) is 6.76. The molecule has 104 valence electrons. The number of ether oxygens (including phenoxy) is 1. The van der Waals surface area contributed by atoms with Crippen LogP contribution in [0.5, 0.6) is 11.6 Å². The van der Waals surface area contributed by atoms with Crippen LogP contribution in [0.3, 0.4) is 0 Å². The minimum atomic E-state index is -0.409. The number of fused-ring (bicyclic) bond motifs is 1. The SMILES string of the molecule is O=[N+]([O-])c1ccc(Oc2cc(Br)ncn2)c2ccccc12. The number of nitrogens with zero attached hydrogens (tertiary/aromatic N) is 3. The van der Waals surface area contributed by atoms with E-state index in [0.717, 1.165) is 0 Å². The summed E-state index contributed by atoms with van der Waals surface area (Å²) in [6, 6.07) is 11.6. The maximum atomic E-state index is 11.1. The summed E-state index contributed by atoms with van der Waals surface area (Å²) in [5, 5.41) is 12.2. The van der Waals surface area contributed by atoms with Crippen molar-refractivity contribution in [1.29, 1.82) is 0 Å². The van der Waals surface area contributed by atoms with Crippen molar-refractivity contribution in [2.24, 2.45) is 0 Å². The largest absolute Gasteiger partial charge is 0.438 e. The van der Waals surface area contributed by atoms with Gasteiger partial charge in [-0.3, -0.25) is 10.1 Å². The van der Waals surface area contributed by atoms with Crippen LogP contribution in [0.4, 0.5) is 5.69 Å². The molecule has 0 spiro atoms. The summed E-state index contributed by atoms with van der Waals surface area (Å²) in [7, 11) is 0. The lowest BCUT2D eigenvalue weighted by atomic mass is 10.1. The Morgan fingerprint density at radius 2 is 1.86 bits per heavy atom. The van der Waals surface area contributed by atoms with Crippen LogP contribution < -0.4 is 4.74 Å². The van der Waals surface area contributed by atoms with Gasteiger partial charge in [-0.1, -0.05) is 18.2 Å². The average Bonchev–Trinajstić information content (AvgIpc) is 2.47. The average molecular weight is 346 g/mol. The Bertz CT molecular complexity index is 839. The minimum Gasteiger partial charge on any atom is -0.438 e. The second-order valence-corrected chi connectivity index (χ2v) is 4.98. The first-order valence-electron chi connectivity index (χ1n) is 5.96. The van der Waals surface area contributed by atoms with Gasteiger partial charge in [-0.25, -0.2) is 9.97 Å². The molecule has 2 aromatic carbocycles. The van der Waals surface area contributed by atoms with Crippen molar-refractivity contribution in [3.8, 4) is 11.6 Å². The molecule has 0 bridgehead atoms. The summed E-state index contributed by atoms with van der Waals surface area (Å²) >= 11 is 3.24. The Hall–Kier alpha value is -2.54. The fourth-order valence-electron chi connectivity index (χ4n) is 1.99. The van der Waals surface area contributed by atoms with Gasteiger partial charge < -0.3 is 4.74 Å². The molecule has 6 nitrogen and oxygen atoms in total. The van der Waals surface area contributed by atoms with Gasteiger partial charge in [-0.05, 0) is 28.1 Å². The third-order valence-electron chi connectivity index (χ3n) is 2.88. The van der Waals surface area contributed by atoms with E-state index < -0.39 is 4.92 Å². The van der Waals surface area contributed by atoms with Crippen molar-refractivity contribution in [1.82, 2.24) is 9.97 Å². The number of halogens is 1. The van der Waals surface area contributed by atoms with Crippen molar-refractivity contribution in [3.63, 3.8) is 0 Å². The normalized spacial score (nSPS) is 10.5. The first-order chi connectivity index (χ1) is 10.1. The van der Waals surface area contributed by atoms with Gasteiger partial charge in [-0.15, -0.1) is 0 Å². The summed E-state index contributed by atoms with van der Waals surface area (Å²) in [4.78, 5) is 18.6. The zero-order chi connectivity index (χ0) is 14.8. The van der Waals surface area contributed by atoms with E-state index in [2.05, 4.69) is 25.9 Å². The van der Waals surface area contributed by atoms with Gasteiger partial charge in [-0.2, -0.15) is 0 Å². The van der Waals surface area contributed by atoms with E-state index in [1.807, 2.05) is 0 Å². The Morgan fingerprint density at radius 1 is 1.10 bits per heavy atom. The second kappa shape index (κ2) is 5.45. The molecule has 3 rings (SSSR count). The van der Waals surface area contributed by atoms with E-state index in [4.69, 9.17) is 4.74 Å². The third kappa shape index (κ3) is 2.68. The third-order valence-corrected chi connectivity index (χ3v) is 3.31. The van der Waals surface area contributed by atoms with Crippen molar-refractivity contribution in [3.05, 3.63) is 63.5 Å². The molecule has 0 amide bonds. The van der Waals surface area contributed by atoms with Crippen LogP contribution in [-0.2, 0) is 0 Å². The number of hydrogen-bond donors (Lipinski definition) is 0. The molecule has 3 aromatic rings. The maximum Gasteiger partial charge on any atom is 0.277 e. The van der Waals surface area contributed by atoms with Gasteiger partial charge in [0.25, 0.3) is 5.69 Å². The van der Waals surface area contributed by atoms with E-state index in [1.54, 1.807) is 36.4 Å². The van der Waals surface area contributed by atoms with Gasteiger partial charge in [0.05, 0.1) is 10.3 Å². The van der Waals surface area contributed by atoms with E-state index in [0.29, 0.717) is 27.0 Å². The highest BCUT2D eigenvalue weighted by Gasteiger charge is 2.15. The van der Waals surface area contributed by atoms with Gasteiger partial charge in [0.2, 0.25) is 5.88 Å². The van der Waals surface area contributed by atoms with Crippen molar-refractivity contribution >= 4 is 32.4 Å². The molecule has 7 heteroatoms. The Kier molecular flexibility index (Phi) is 3.49. The highest BCUT2D eigenvalue weighted by Crippen LogP contribution is 2.34. The number of rotatable bonds is 3. The summed E-state index contributed by atoms with van der Waals surface area (Å²) in [5.41, 5.74) is 0.0434. The summed E-state index contributed by atoms with van der Waals surface area (Å²) in [6.07, 6.45) is 1.37. The van der Waals surface area contributed by atoms with Crippen LogP contribution in [0.1, 0.15) is 0 Å². The highest BCUT2D eigenvalue weighted by molar-refractivity contribution is 9.10. The molecule has 0 N–H and O–H groups in total. The van der Waals surface area contributed by atoms with Gasteiger partial charge in [0, 0.05) is 17.5 Å². The minimum absolute atomic E-state index is 0.0434. The van der Waals surface area contributed by atoms with Crippen LogP contribution in [0, 0.1) is 10.1 Å². The predicted octanol–water partition coefficient (Wildman–Crippen LogP) is 4.09. The lowest BCUT2D eigenvalue weighted by molar-refractivity contribution is -0.383. The fourth-order valence-corrected chi connectivity index (χ4v) is 2.28. The lowest BCUT2D eigenvalue weighted by Gasteiger charge is -2.08. The van der Waals surface area contributed by atoms with Crippen LogP contribution in [0.15, 0.2) is 53.4 Å². The molecule has 1 aromatic heterocycles. The molecule has 21 heavy (non-hydrogen) atoms. The zero-order valence-electron chi connectivity index (χ0n) is 10.6. The lowest BCUT2D eigenvalue weighted by Crippen LogP contribution is -1.93. The van der Waals surface area contributed by atoms with Crippen molar-refractivity contribution < 1.29 is 9.66 Å². The topological polar surface area (TPSA) is 78.2 Å². The molecule has 0 saturated heterocycles. The molecule has 0 atom stereocenters. The maximum absolute atomic E-state index is 11.1. The number of aromatic nitrogens is 2. The number of non-ortho nitro benzene ring substituents is 1. The van der Waals surface area contributed by atoms with Crippen LogP contribution >= 0.6 is 15.9 Å². The summed E-state index contributed by atoms with van der Waals surface area (Å²) in [6.45, 7) is 0. The predicted molar refractivity (Wildman–Crippen MR) is 80.4 cm³/mol. The van der Waals surface area contributed by atoms with Gasteiger partial charge >= 0.3 is 0 Å². The number of nitro benzene ring substituents is 1. The summed E-state index contributed by atoms with van der Waals surface area (Å²) in [5.74, 6) is 0.859. The smallest absolute Gasteiger partial charge is 0.277 e. The monoisotopic (exact) mass is 345 g/mol. The Labute approximate surface area is 127 Å². The molecule has 0 aliphatic carbocycles. The van der Waals surface area contributed by atoms with Gasteiger partial charge in [0.1, 0.15) is 16.7 Å². The molecule has 0 saturated carbocycles. The molecule has 0 unspecified atom stereocenters. The highest BCUT2D eigenvalue weighted by atomic mass is 79.9. The molecule has 0 radical (unpaired) electrons. The number of nitro groups is 1. The second-order valence-electron chi connectivity index (χ2n) is 4.17. The summed E-state index contributed by atoms with van der Waals surface area (Å²) < 4.78 is 6.30. The molecular formula is C14H8BrN3O3. The number of hydrogen-bond acceptors (Lipinski definition) is 5.